The van der Waals surface area contributed by atoms with E-state index >= 15 is 0 Å². The zero-order chi connectivity index (χ0) is 16.9. The van der Waals surface area contributed by atoms with Crippen LogP contribution in [0.5, 0.6) is 0 Å². The molecule has 0 aliphatic carbocycles. The van der Waals surface area contributed by atoms with Crippen molar-refractivity contribution in [2.45, 2.75) is 25.4 Å². The fraction of sp³-hybridized carbons (Fsp3) is 0.444. The Morgan fingerprint density at radius 2 is 2.00 bits per heavy atom. The zero-order valence-electron chi connectivity index (χ0n) is 14.4. The summed E-state index contributed by atoms with van der Waals surface area (Å²) < 4.78 is 0. The zero-order valence-corrected chi connectivity index (χ0v) is 14.4. The first-order valence-corrected chi connectivity index (χ1v) is 8.47. The SMILES string of the molecule is CNC1CN(c2cc(CNC[C@H](C)c3ccccc3)nc(N)n2)C1. The van der Waals surface area contributed by atoms with Crippen molar-refractivity contribution in [2.75, 3.05) is 37.3 Å². The molecule has 0 saturated carbocycles. The van der Waals surface area contributed by atoms with E-state index in [1.165, 1.54) is 5.56 Å². The first-order valence-electron chi connectivity index (χ1n) is 8.47. The molecule has 0 spiro atoms. The van der Waals surface area contributed by atoms with E-state index in [4.69, 9.17) is 5.73 Å². The third-order valence-corrected chi connectivity index (χ3v) is 4.52. The van der Waals surface area contributed by atoms with Crippen molar-refractivity contribution < 1.29 is 0 Å². The molecule has 1 aliphatic rings. The lowest BCUT2D eigenvalue weighted by atomic mass is 10.0. The minimum atomic E-state index is 0.341. The van der Waals surface area contributed by atoms with E-state index in [2.05, 4.69) is 56.7 Å². The Kier molecular flexibility index (Phi) is 5.27. The van der Waals surface area contributed by atoms with Gasteiger partial charge in [0, 0.05) is 38.3 Å². The van der Waals surface area contributed by atoms with Crippen LogP contribution in [0.15, 0.2) is 36.4 Å². The number of rotatable bonds is 7. The molecule has 1 atom stereocenters. The molecule has 1 aliphatic heterocycles. The van der Waals surface area contributed by atoms with Crippen LogP contribution in [0.2, 0.25) is 0 Å². The van der Waals surface area contributed by atoms with Gasteiger partial charge < -0.3 is 21.3 Å². The highest BCUT2D eigenvalue weighted by molar-refractivity contribution is 5.46. The number of benzene rings is 1. The molecule has 6 nitrogen and oxygen atoms in total. The number of likely N-dealkylation sites (N-methyl/N-ethyl adjacent to an activating group) is 1. The maximum Gasteiger partial charge on any atom is 0.222 e. The van der Waals surface area contributed by atoms with Gasteiger partial charge in [0.2, 0.25) is 5.95 Å². The quantitative estimate of drug-likeness (QED) is 0.713. The topological polar surface area (TPSA) is 79.1 Å². The van der Waals surface area contributed by atoms with E-state index in [1.54, 1.807) is 0 Å². The van der Waals surface area contributed by atoms with Gasteiger partial charge in [0.15, 0.2) is 0 Å². The molecule has 24 heavy (non-hydrogen) atoms. The molecule has 1 aromatic carbocycles. The van der Waals surface area contributed by atoms with E-state index in [9.17, 15) is 0 Å². The van der Waals surface area contributed by atoms with Crippen LogP contribution in [-0.4, -0.2) is 42.7 Å². The van der Waals surface area contributed by atoms with Crippen molar-refractivity contribution in [3.8, 4) is 0 Å². The fourth-order valence-corrected chi connectivity index (χ4v) is 2.92. The maximum atomic E-state index is 5.87. The molecule has 4 N–H and O–H groups in total. The summed E-state index contributed by atoms with van der Waals surface area (Å²) in [4.78, 5) is 10.9. The predicted molar refractivity (Wildman–Crippen MR) is 98.1 cm³/mol. The number of nitrogens with one attached hydrogen (secondary N) is 2. The molecule has 128 valence electrons. The van der Waals surface area contributed by atoms with Crippen molar-refractivity contribution in [3.05, 3.63) is 47.7 Å². The molecule has 6 heteroatoms. The summed E-state index contributed by atoms with van der Waals surface area (Å²) in [5.41, 5.74) is 8.15. The van der Waals surface area contributed by atoms with Crippen LogP contribution < -0.4 is 21.3 Å². The van der Waals surface area contributed by atoms with Gasteiger partial charge in [-0.1, -0.05) is 37.3 Å². The average molecular weight is 326 g/mol. The highest BCUT2D eigenvalue weighted by atomic mass is 15.3. The lowest BCUT2D eigenvalue weighted by Gasteiger charge is -2.40. The summed E-state index contributed by atoms with van der Waals surface area (Å²) in [5, 5.41) is 6.74. The van der Waals surface area contributed by atoms with Gasteiger partial charge in [-0.25, -0.2) is 4.98 Å². The Bertz CT molecular complexity index is 654. The standard InChI is InChI=1S/C18H26N6/c1-13(14-6-4-3-5-7-14)9-21-10-15-8-17(23-18(19)22-15)24-11-16(12-24)20-2/h3-8,13,16,20-21H,9-12H2,1-2H3,(H2,19,22,23)/t13-/m0/s1. The Hall–Kier alpha value is -2.18. The monoisotopic (exact) mass is 326 g/mol. The molecule has 0 bridgehead atoms. The summed E-state index contributed by atoms with van der Waals surface area (Å²) >= 11 is 0. The van der Waals surface area contributed by atoms with Crippen molar-refractivity contribution in [2.24, 2.45) is 0 Å². The number of aromatic nitrogens is 2. The molecule has 1 fully saturated rings. The van der Waals surface area contributed by atoms with Crippen LogP contribution in [-0.2, 0) is 6.54 Å². The van der Waals surface area contributed by atoms with Gasteiger partial charge in [0.05, 0.1) is 5.69 Å². The Morgan fingerprint density at radius 1 is 1.25 bits per heavy atom. The third kappa shape index (κ3) is 4.01. The molecule has 0 unspecified atom stereocenters. The minimum Gasteiger partial charge on any atom is -0.368 e. The van der Waals surface area contributed by atoms with E-state index in [0.717, 1.165) is 31.1 Å². The predicted octanol–water partition coefficient (Wildman–Crippen LogP) is 1.36. The van der Waals surface area contributed by atoms with Crippen LogP contribution in [0.25, 0.3) is 0 Å². The lowest BCUT2D eigenvalue weighted by Crippen LogP contribution is -2.57. The van der Waals surface area contributed by atoms with Crippen LogP contribution in [0.4, 0.5) is 11.8 Å². The van der Waals surface area contributed by atoms with Crippen LogP contribution in [0.1, 0.15) is 24.1 Å². The largest absolute Gasteiger partial charge is 0.368 e. The third-order valence-electron chi connectivity index (χ3n) is 4.52. The summed E-state index contributed by atoms with van der Waals surface area (Å²) in [5.74, 6) is 1.71. The van der Waals surface area contributed by atoms with Crippen molar-refractivity contribution in [3.63, 3.8) is 0 Å². The van der Waals surface area contributed by atoms with Gasteiger partial charge in [0.25, 0.3) is 0 Å². The average Bonchev–Trinajstić information content (AvgIpc) is 2.54. The summed E-state index contributed by atoms with van der Waals surface area (Å²) in [7, 11) is 1.99. The molecule has 2 aromatic rings. The van der Waals surface area contributed by atoms with Crippen LogP contribution >= 0.6 is 0 Å². The first-order chi connectivity index (χ1) is 11.7. The van der Waals surface area contributed by atoms with Gasteiger partial charge in [-0.15, -0.1) is 0 Å². The number of nitrogens with zero attached hydrogens (tertiary/aromatic N) is 3. The first kappa shape index (κ1) is 16.7. The van der Waals surface area contributed by atoms with Crippen molar-refractivity contribution >= 4 is 11.8 Å². The summed E-state index contributed by atoms with van der Waals surface area (Å²) in [6.45, 7) is 5.74. The van der Waals surface area contributed by atoms with E-state index < -0.39 is 0 Å². The maximum absolute atomic E-state index is 5.87. The number of nitrogen functional groups attached to an aromatic ring is 1. The second-order valence-corrected chi connectivity index (χ2v) is 6.41. The Balaban J connectivity index is 1.54. The highest BCUT2D eigenvalue weighted by Gasteiger charge is 2.26. The normalized spacial score (nSPS) is 16.0. The molecule has 0 radical (unpaired) electrons. The van der Waals surface area contributed by atoms with Gasteiger partial charge in [-0.2, -0.15) is 4.98 Å². The van der Waals surface area contributed by atoms with E-state index in [1.807, 2.05) is 19.2 Å². The fourth-order valence-electron chi connectivity index (χ4n) is 2.92. The number of hydrogen-bond donors (Lipinski definition) is 3. The van der Waals surface area contributed by atoms with Crippen molar-refractivity contribution in [1.82, 2.24) is 20.6 Å². The number of anilines is 2. The molecular formula is C18H26N6. The van der Waals surface area contributed by atoms with Crippen LogP contribution in [0, 0.1) is 0 Å². The Labute approximate surface area is 143 Å². The van der Waals surface area contributed by atoms with Crippen LogP contribution in [0.3, 0.4) is 0 Å². The van der Waals surface area contributed by atoms with Gasteiger partial charge >= 0.3 is 0 Å². The molecule has 3 rings (SSSR count). The van der Waals surface area contributed by atoms with Gasteiger partial charge in [-0.3, -0.25) is 0 Å². The molecule has 1 saturated heterocycles. The summed E-state index contributed by atoms with van der Waals surface area (Å²) in [6.07, 6.45) is 0. The van der Waals surface area contributed by atoms with E-state index in [-0.39, 0.29) is 0 Å². The highest BCUT2D eigenvalue weighted by Crippen LogP contribution is 2.20. The van der Waals surface area contributed by atoms with Crippen molar-refractivity contribution in [1.29, 1.82) is 0 Å². The second-order valence-electron chi connectivity index (χ2n) is 6.41. The van der Waals surface area contributed by atoms with Gasteiger partial charge in [-0.05, 0) is 18.5 Å². The number of nitrogens with two attached hydrogens (primary N) is 1. The lowest BCUT2D eigenvalue weighted by molar-refractivity contribution is 0.447. The Morgan fingerprint density at radius 3 is 2.71 bits per heavy atom. The minimum absolute atomic E-state index is 0.341. The second kappa shape index (κ2) is 7.59. The molecule has 2 heterocycles. The smallest absolute Gasteiger partial charge is 0.222 e. The molecule has 0 amide bonds. The number of hydrogen-bond acceptors (Lipinski definition) is 6. The van der Waals surface area contributed by atoms with E-state index in [0.29, 0.717) is 24.5 Å². The molecular weight excluding hydrogens is 300 g/mol. The summed E-state index contributed by atoms with van der Waals surface area (Å²) in [6, 6.07) is 13.1. The van der Waals surface area contributed by atoms with Gasteiger partial charge in [0.1, 0.15) is 5.82 Å². The molecule has 1 aromatic heterocycles.